The number of nitrogens with zero attached hydrogens (tertiary/aromatic N) is 4. The van der Waals surface area contributed by atoms with Gasteiger partial charge < -0.3 is 14.6 Å². The smallest absolute Gasteiger partial charge is 0.223 e. The fourth-order valence-electron chi connectivity index (χ4n) is 6.72. The van der Waals surface area contributed by atoms with Gasteiger partial charge in [0.15, 0.2) is 5.06 Å². The quantitative estimate of drug-likeness (QED) is 0.501. The van der Waals surface area contributed by atoms with Gasteiger partial charge in [0.1, 0.15) is 11.6 Å². The molecule has 4 heterocycles. The topological polar surface area (TPSA) is 72.3 Å². The van der Waals surface area contributed by atoms with Gasteiger partial charge in [-0.3, -0.25) is 9.69 Å². The normalized spacial score (nSPS) is 25.9. The number of rotatable bonds is 9. The molecule has 4 atom stereocenters. The fraction of sp³-hybridized carbons (Fsp3) is 0.741. The molecule has 1 N–H and O–H groups in total. The first-order chi connectivity index (χ1) is 16.9. The largest absolute Gasteiger partial charge is 0.487 e. The second kappa shape index (κ2) is 10.6. The Morgan fingerprint density at radius 1 is 1.11 bits per heavy atom. The Bertz CT molecular complexity index is 997. The van der Waals surface area contributed by atoms with Gasteiger partial charge in [-0.2, -0.15) is 0 Å². The Morgan fingerprint density at radius 3 is 2.46 bits per heavy atom. The molecule has 2 bridgehead atoms. The molecule has 3 aliphatic rings. The number of aromatic nitrogens is 3. The van der Waals surface area contributed by atoms with Crippen molar-refractivity contribution >= 4 is 17.2 Å². The summed E-state index contributed by atoms with van der Waals surface area (Å²) in [5.74, 6) is 2.99. The number of nitrogens with one attached hydrogen (secondary N) is 1. The van der Waals surface area contributed by atoms with Crippen LogP contribution in [0.25, 0.3) is 0 Å². The van der Waals surface area contributed by atoms with E-state index in [1.807, 2.05) is 6.07 Å². The van der Waals surface area contributed by atoms with E-state index in [2.05, 4.69) is 51.8 Å². The van der Waals surface area contributed by atoms with Crippen LogP contribution in [-0.2, 0) is 4.79 Å². The lowest BCUT2D eigenvalue weighted by Gasteiger charge is -2.40. The number of fused-ring (bicyclic) bond motifs is 2. The number of hydrogen-bond acceptors (Lipinski definition) is 6. The maximum absolute atomic E-state index is 13.0. The van der Waals surface area contributed by atoms with Crippen molar-refractivity contribution in [2.45, 2.75) is 109 Å². The zero-order chi connectivity index (χ0) is 24.5. The van der Waals surface area contributed by atoms with Gasteiger partial charge in [0.25, 0.3) is 0 Å². The van der Waals surface area contributed by atoms with E-state index >= 15 is 0 Å². The van der Waals surface area contributed by atoms with Gasteiger partial charge in [0, 0.05) is 41.4 Å². The summed E-state index contributed by atoms with van der Waals surface area (Å²) < 4.78 is 7.88. The molecule has 8 heteroatoms. The zero-order valence-electron chi connectivity index (χ0n) is 21.7. The molecule has 1 saturated carbocycles. The number of aryl methyl sites for hydroxylation is 1. The van der Waals surface area contributed by atoms with Crippen LogP contribution in [0.5, 0.6) is 5.06 Å². The second-order valence-corrected chi connectivity index (χ2v) is 12.1. The first-order valence-electron chi connectivity index (χ1n) is 13.6. The predicted molar refractivity (Wildman–Crippen MR) is 139 cm³/mol. The Hall–Kier alpha value is -1.93. The van der Waals surface area contributed by atoms with Gasteiger partial charge in [-0.15, -0.1) is 21.5 Å². The number of carbonyl (C=O) groups is 1. The number of piperidine rings is 1. The summed E-state index contributed by atoms with van der Waals surface area (Å²) in [5.41, 5.74) is 0. The molecular formula is C27H41N5O2S. The van der Waals surface area contributed by atoms with E-state index in [4.69, 9.17) is 4.74 Å². The summed E-state index contributed by atoms with van der Waals surface area (Å²) in [7, 11) is 1.71. The molecule has 0 radical (unpaired) electrons. The summed E-state index contributed by atoms with van der Waals surface area (Å²) in [5, 5.41) is 13.2. The van der Waals surface area contributed by atoms with Crippen LogP contribution in [0.4, 0.5) is 0 Å². The van der Waals surface area contributed by atoms with Crippen LogP contribution in [0.3, 0.4) is 0 Å². The van der Waals surface area contributed by atoms with E-state index in [9.17, 15) is 4.79 Å². The van der Waals surface area contributed by atoms with Gasteiger partial charge >= 0.3 is 0 Å². The highest BCUT2D eigenvalue weighted by Crippen LogP contribution is 2.43. The second-order valence-electron chi connectivity index (χ2n) is 11.1. The van der Waals surface area contributed by atoms with Crippen molar-refractivity contribution < 1.29 is 9.53 Å². The average molecular weight is 500 g/mol. The van der Waals surface area contributed by atoms with Gasteiger partial charge in [-0.05, 0) is 64.0 Å². The van der Waals surface area contributed by atoms with Crippen LogP contribution in [0.15, 0.2) is 12.1 Å². The Morgan fingerprint density at radius 2 is 1.83 bits per heavy atom. The summed E-state index contributed by atoms with van der Waals surface area (Å²) in [6.45, 7) is 7.54. The number of amides is 1. The van der Waals surface area contributed by atoms with Crippen molar-refractivity contribution in [3.05, 3.63) is 28.7 Å². The Balaban J connectivity index is 1.26. The summed E-state index contributed by atoms with van der Waals surface area (Å²) in [6.07, 6.45) is 10.2. The molecule has 0 aromatic carbocycles. The molecule has 192 valence electrons. The summed E-state index contributed by atoms with van der Waals surface area (Å²) in [6, 6.07) is 5.91. The predicted octanol–water partition coefficient (Wildman–Crippen LogP) is 5.39. The van der Waals surface area contributed by atoms with Gasteiger partial charge in [0.2, 0.25) is 5.91 Å². The number of thiophene rings is 1. The first kappa shape index (κ1) is 24.8. The van der Waals surface area contributed by atoms with Crippen LogP contribution in [-0.4, -0.2) is 51.3 Å². The van der Waals surface area contributed by atoms with E-state index in [0.29, 0.717) is 24.0 Å². The molecule has 0 spiro atoms. The standard InChI is InChI=1S/C27H41N5O2S/c1-17(2)26-30-29-18(3)32(26)22-15-20-9-10-21(16-22)31(20)14-13-23(24-11-12-25(34-4)35-24)28-27(33)19-7-5-6-8-19/h11-12,17,19-23H,5-10,13-16H2,1-4H3,(H,28,33)/t20-,21+,22-,23-/m0/s1. The van der Waals surface area contributed by atoms with Crippen molar-refractivity contribution in [3.63, 3.8) is 0 Å². The third kappa shape index (κ3) is 5.15. The maximum Gasteiger partial charge on any atom is 0.223 e. The van der Waals surface area contributed by atoms with Crippen molar-refractivity contribution in [1.82, 2.24) is 25.0 Å². The van der Waals surface area contributed by atoms with E-state index in [1.165, 1.54) is 43.4 Å². The van der Waals surface area contributed by atoms with Crippen LogP contribution >= 0.6 is 11.3 Å². The number of hydrogen-bond donors (Lipinski definition) is 1. The van der Waals surface area contributed by atoms with Crippen molar-refractivity contribution in [1.29, 1.82) is 0 Å². The lowest BCUT2D eigenvalue weighted by Crippen LogP contribution is -2.45. The highest BCUT2D eigenvalue weighted by atomic mass is 32.1. The number of carbonyl (C=O) groups excluding carboxylic acids is 1. The van der Waals surface area contributed by atoms with Crippen LogP contribution in [0.2, 0.25) is 0 Å². The first-order valence-corrected chi connectivity index (χ1v) is 14.4. The molecule has 5 rings (SSSR count). The van der Waals surface area contributed by atoms with Crippen LogP contribution in [0.1, 0.15) is 106 Å². The fourth-order valence-corrected chi connectivity index (χ4v) is 7.63. The van der Waals surface area contributed by atoms with Gasteiger partial charge in [0.05, 0.1) is 13.2 Å². The monoisotopic (exact) mass is 499 g/mol. The lowest BCUT2D eigenvalue weighted by atomic mass is 9.95. The van der Waals surface area contributed by atoms with Crippen LogP contribution in [0, 0.1) is 12.8 Å². The highest BCUT2D eigenvalue weighted by Gasteiger charge is 2.42. The van der Waals surface area contributed by atoms with Crippen LogP contribution < -0.4 is 10.1 Å². The summed E-state index contributed by atoms with van der Waals surface area (Å²) >= 11 is 1.66. The van der Waals surface area contributed by atoms with E-state index in [-0.39, 0.29) is 17.9 Å². The molecule has 2 aromatic heterocycles. The van der Waals surface area contributed by atoms with Crippen molar-refractivity contribution in [2.75, 3.05) is 13.7 Å². The molecule has 3 fully saturated rings. The van der Waals surface area contributed by atoms with Crippen molar-refractivity contribution in [2.24, 2.45) is 5.92 Å². The Labute approximate surface area is 213 Å². The highest BCUT2D eigenvalue weighted by molar-refractivity contribution is 7.13. The zero-order valence-corrected chi connectivity index (χ0v) is 22.5. The molecule has 1 amide bonds. The number of ether oxygens (including phenoxy) is 1. The molecular weight excluding hydrogens is 458 g/mol. The molecule has 7 nitrogen and oxygen atoms in total. The van der Waals surface area contributed by atoms with E-state index in [1.54, 1.807) is 18.4 Å². The van der Waals surface area contributed by atoms with E-state index in [0.717, 1.165) is 42.5 Å². The molecule has 2 saturated heterocycles. The third-order valence-corrected chi connectivity index (χ3v) is 9.66. The van der Waals surface area contributed by atoms with Crippen molar-refractivity contribution in [3.8, 4) is 5.06 Å². The summed E-state index contributed by atoms with van der Waals surface area (Å²) in [4.78, 5) is 17.0. The molecule has 0 unspecified atom stereocenters. The molecule has 1 aliphatic carbocycles. The molecule has 2 aliphatic heterocycles. The minimum absolute atomic E-state index is 0.0572. The number of methoxy groups -OCH3 is 1. The van der Waals surface area contributed by atoms with Gasteiger partial charge in [-0.25, -0.2) is 0 Å². The molecule has 35 heavy (non-hydrogen) atoms. The third-order valence-electron chi connectivity index (χ3n) is 8.50. The van der Waals surface area contributed by atoms with Gasteiger partial charge in [-0.1, -0.05) is 26.7 Å². The SMILES string of the molecule is COc1ccc([C@H](CCN2[C@@H]3CC[C@H]2C[C@H](n2c(C)nnc2C(C)C)C3)NC(=O)C2CCCC2)s1. The average Bonchev–Trinajstić information content (AvgIpc) is 3.63. The minimum Gasteiger partial charge on any atom is -0.487 e. The lowest BCUT2D eigenvalue weighted by molar-refractivity contribution is -0.125. The molecule has 2 aromatic rings. The Kier molecular flexibility index (Phi) is 7.49. The van der Waals surface area contributed by atoms with E-state index < -0.39 is 0 Å². The minimum atomic E-state index is 0.0572. The maximum atomic E-state index is 13.0.